The van der Waals surface area contributed by atoms with Gasteiger partial charge in [-0.05, 0) is 50.1 Å². The van der Waals surface area contributed by atoms with Gasteiger partial charge in [0.15, 0.2) is 0 Å². The normalized spacial score (nSPS) is 14.6. The molecule has 4 rings (SSSR count). The predicted octanol–water partition coefficient (Wildman–Crippen LogP) is 3.35. The van der Waals surface area contributed by atoms with Gasteiger partial charge in [-0.25, -0.2) is 13.4 Å². The van der Waals surface area contributed by atoms with E-state index < -0.39 is 10.0 Å². The Hall–Kier alpha value is -2.69. The van der Waals surface area contributed by atoms with E-state index in [2.05, 4.69) is 9.71 Å². The average molecular weight is 475 g/mol. The number of aryl methyl sites for hydroxylation is 4. The first-order chi connectivity index (χ1) is 15.2. The van der Waals surface area contributed by atoms with E-state index in [0.717, 1.165) is 11.1 Å². The minimum absolute atomic E-state index is 0.0620. The van der Waals surface area contributed by atoms with E-state index in [1.165, 1.54) is 11.3 Å². The standard InChI is InChI=1S/C22H26N4O4S2/c1-14-5-6-17(11-15(14)2)24-32(28,29)18-12-19(25(4)13-18)21-23-16(3)20(31-21)22(27)26-7-9-30-10-8-26/h5-6,11-13,24H,7-10H2,1-4H3. The van der Waals surface area contributed by atoms with Gasteiger partial charge in [0.1, 0.15) is 14.8 Å². The number of nitrogens with zero attached hydrogens (tertiary/aromatic N) is 3. The third-order valence-electron chi connectivity index (χ3n) is 5.56. The maximum absolute atomic E-state index is 13.0. The van der Waals surface area contributed by atoms with Crippen LogP contribution in [0.3, 0.4) is 0 Å². The largest absolute Gasteiger partial charge is 0.378 e. The molecule has 3 heterocycles. The van der Waals surface area contributed by atoms with E-state index in [1.54, 1.807) is 41.8 Å². The van der Waals surface area contributed by atoms with Gasteiger partial charge in [-0.15, -0.1) is 11.3 Å². The molecule has 0 spiro atoms. The molecule has 1 fully saturated rings. The third kappa shape index (κ3) is 4.43. The number of morpholine rings is 1. The maximum atomic E-state index is 13.0. The smallest absolute Gasteiger partial charge is 0.266 e. The Bertz CT molecular complexity index is 1270. The molecule has 1 N–H and O–H groups in total. The van der Waals surface area contributed by atoms with Gasteiger partial charge in [-0.1, -0.05) is 6.07 Å². The minimum Gasteiger partial charge on any atom is -0.378 e. The molecule has 0 bridgehead atoms. The molecule has 0 atom stereocenters. The summed E-state index contributed by atoms with van der Waals surface area (Å²) in [5.41, 5.74) is 3.90. The maximum Gasteiger partial charge on any atom is 0.266 e. The molecule has 0 radical (unpaired) electrons. The van der Waals surface area contributed by atoms with Crippen molar-refractivity contribution in [2.45, 2.75) is 25.7 Å². The van der Waals surface area contributed by atoms with Crippen molar-refractivity contribution in [3.63, 3.8) is 0 Å². The number of carbonyl (C=O) groups excluding carboxylic acids is 1. The highest BCUT2D eigenvalue weighted by atomic mass is 32.2. The fourth-order valence-corrected chi connectivity index (χ4v) is 5.74. The van der Waals surface area contributed by atoms with Crippen molar-refractivity contribution in [2.24, 2.45) is 7.05 Å². The summed E-state index contributed by atoms with van der Waals surface area (Å²) in [5, 5.41) is 0.606. The van der Waals surface area contributed by atoms with Gasteiger partial charge in [0.05, 0.1) is 24.6 Å². The Kier molecular flexibility index (Phi) is 6.11. The van der Waals surface area contributed by atoms with Crippen molar-refractivity contribution in [3.05, 3.63) is 52.2 Å². The minimum atomic E-state index is -3.77. The first kappa shape index (κ1) is 22.5. The second-order valence-corrected chi connectivity index (χ2v) is 10.6. The van der Waals surface area contributed by atoms with Crippen LogP contribution >= 0.6 is 11.3 Å². The number of anilines is 1. The predicted molar refractivity (Wildman–Crippen MR) is 125 cm³/mol. The number of hydrogen-bond acceptors (Lipinski definition) is 6. The summed E-state index contributed by atoms with van der Waals surface area (Å²) >= 11 is 1.28. The summed E-state index contributed by atoms with van der Waals surface area (Å²) in [4.78, 5) is 19.9. The monoisotopic (exact) mass is 474 g/mol. The summed E-state index contributed by atoms with van der Waals surface area (Å²) < 4.78 is 35.6. The van der Waals surface area contributed by atoms with E-state index >= 15 is 0 Å². The summed E-state index contributed by atoms with van der Waals surface area (Å²) in [6.07, 6.45) is 1.55. The van der Waals surface area contributed by atoms with Gasteiger partial charge in [-0.2, -0.15) is 0 Å². The highest BCUT2D eigenvalue weighted by Gasteiger charge is 2.25. The molecule has 2 aromatic heterocycles. The van der Waals surface area contributed by atoms with Crippen LogP contribution in [0.4, 0.5) is 5.69 Å². The zero-order chi connectivity index (χ0) is 23.0. The average Bonchev–Trinajstić information content (AvgIpc) is 3.33. The quantitative estimate of drug-likeness (QED) is 0.612. The topological polar surface area (TPSA) is 93.5 Å². The van der Waals surface area contributed by atoms with E-state index in [4.69, 9.17) is 4.74 Å². The van der Waals surface area contributed by atoms with Crippen molar-refractivity contribution in [1.29, 1.82) is 0 Å². The number of aromatic nitrogens is 2. The van der Waals surface area contributed by atoms with Crippen molar-refractivity contribution in [2.75, 3.05) is 31.0 Å². The Morgan fingerprint density at radius 1 is 1.12 bits per heavy atom. The number of carbonyl (C=O) groups is 1. The Morgan fingerprint density at radius 3 is 2.53 bits per heavy atom. The molecule has 170 valence electrons. The van der Waals surface area contributed by atoms with Crippen LogP contribution in [0.2, 0.25) is 0 Å². The van der Waals surface area contributed by atoms with Crippen molar-refractivity contribution < 1.29 is 17.9 Å². The SMILES string of the molecule is Cc1ccc(NS(=O)(=O)c2cc(-c3nc(C)c(C(=O)N4CCOCC4)s3)n(C)c2)cc1C. The molecule has 1 amide bonds. The molecule has 1 aromatic carbocycles. The lowest BCUT2D eigenvalue weighted by atomic mass is 10.1. The molecule has 0 saturated carbocycles. The van der Waals surface area contributed by atoms with Gasteiger partial charge in [0.25, 0.3) is 15.9 Å². The summed E-state index contributed by atoms with van der Waals surface area (Å²) in [6, 6.07) is 7.03. The molecule has 1 aliphatic rings. The molecule has 3 aromatic rings. The number of ether oxygens (including phenoxy) is 1. The molecular formula is C22H26N4O4S2. The van der Waals surface area contributed by atoms with Crippen LogP contribution in [0.1, 0.15) is 26.5 Å². The molecule has 32 heavy (non-hydrogen) atoms. The number of hydrogen-bond donors (Lipinski definition) is 1. The van der Waals surface area contributed by atoms with E-state index in [1.807, 2.05) is 26.0 Å². The van der Waals surface area contributed by atoms with Gasteiger partial charge in [0, 0.05) is 32.0 Å². The summed E-state index contributed by atoms with van der Waals surface area (Å²) in [5.74, 6) is -0.0620. The van der Waals surface area contributed by atoms with Gasteiger partial charge >= 0.3 is 0 Å². The van der Waals surface area contributed by atoms with Crippen molar-refractivity contribution in [3.8, 4) is 10.7 Å². The lowest BCUT2D eigenvalue weighted by molar-refractivity contribution is 0.0305. The second-order valence-electron chi connectivity index (χ2n) is 7.91. The molecule has 0 aliphatic carbocycles. The number of nitrogens with one attached hydrogen (secondary N) is 1. The van der Waals surface area contributed by atoms with Crippen LogP contribution in [0.25, 0.3) is 10.7 Å². The molecular weight excluding hydrogens is 448 g/mol. The van der Waals surface area contributed by atoms with E-state index in [9.17, 15) is 13.2 Å². The molecule has 10 heteroatoms. The van der Waals surface area contributed by atoms with E-state index in [0.29, 0.717) is 53.3 Å². The first-order valence-electron chi connectivity index (χ1n) is 10.3. The van der Waals surface area contributed by atoms with Crippen molar-refractivity contribution >= 4 is 33.0 Å². The highest BCUT2D eigenvalue weighted by Crippen LogP contribution is 2.31. The summed E-state index contributed by atoms with van der Waals surface area (Å²) in [6.45, 7) is 7.89. The van der Waals surface area contributed by atoms with Crippen LogP contribution in [-0.4, -0.2) is 55.1 Å². The zero-order valence-electron chi connectivity index (χ0n) is 18.5. The van der Waals surface area contributed by atoms with Gasteiger partial charge < -0.3 is 14.2 Å². The Balaban J connectivity index is 1.60. The number of rotatable bonds is 5. The fourth-order valence-electron chi connectivity index (χ4n) is 3.53. The first-order valence-corrected chi connectivity index (χ1v) is 12.6. The van der Waals surface area contributed by atoms with Gasteiger partial charge in [-0.3, -0.25) is 9.52 Å². The Labute approximate surface area is 191 Å². The lowest BCUT2D eigenvalue weighted by Gasteiger charge is -2.26. The summed E-state index contributed by atoms with van der Waals surface area (Å²) in [7, 11) is -2.00. The van der Waals surface area contributed by atoms with Crippen molar-refractivity contribution in [1.82, 2.24) is 14.5 Å². The van der Waals surface area contributed by atoms with Crippen LogP contribution < -0.4 is 4.72 Å². The molecule has 0 unspecified atom stereocenters. The molecule has 8 nitrogen and oxygen atoms in total. The third-order valence-corrected chi connectivity index (χ3v) is 8.07. The van der Waals surface area contributed by atoms with Crippen LogP contribution in [0.15, 0.2) is 35.4 Å². The van der Waals surface area contributed by atoms with E-state index in [-0.39, 0.29) is 10.8 Å². The Morgan fingerprint density at radius 2 is 1.84 bits per heavy atom. The fraction of sp³-hybridized carbons (Fsp3) is 0.364. The zero-order valence-corrected chi connectivity index (χ0v) is 20.1. The molecule has 1 saturated heterocycles. The lowest BCUT2D eigenvalue weighted by Crippen LogP contribution is -2.40. The van der Waals surface area contributed by atoms with Crippen LogP contribution in [0.5, 0.6) is 0 Å². The van der Waals surface area contributed by atoms with Gasteiger partial charge in [0.2, 0.25) is 0 Å². The van der Waals surface area contributed by atoms with Crippen LogP contribution in [-0.2, 0) is 21.8 Å². The highest BCUT2D eigenvalue weighted by molar-refractivity contribution is 7.92. The second kappa shape index (κ2) is 8.68. The molecule has 1 aliphatic heterocycles. The number of sulfonamides is 1. The number of benzene rings is 1. The van der Waals surface area contributed by atoms with Crippen LogP contribution in [0, 0.1) is 20.8 Å². The number of amides is 1. The number of thiazole rings is 1.